The van der Waals surface area contributed by atoms with Crippen LogP contribution in [0, 0.1) is 11.6 Å². The Balaban J connectivity index is 2.18. The molecule has 0 radical (unpaired) electrons. The Morgan fingerprint density at radius 2 is 1.86 bits per heavy atom. The molecular formula is C16H13BrF2O2. The van der Waals surface area contributed by atoms with Gasteiger partial charge in [0.05, 0.1) is 11.6 Å². The molecule has 2 aromatic rings. The lowest BCUT2D eigenvalue weighted by Crippen LogP contribution is -2.10. The Hall–Kier alpha value is -1.75. The number of methoxy groups -OCH3 is 1. The largest absolute Gasteiger partial charge is 0.496 e. The maximum Gasteiger partial charge on any atom is 0.143 e. The van der Waals surface area contributed by atoms with Gasteiger partial charge in [-0.25, -0.2) is 8.78 Å². The molecule has 0 aliphatic rings. The maximum atomic E-state index is 13.8. The van der Waals surface area contributed by atoms with Crippen molar-refractivity contribution in [3.8, 4) is 5.75 Å². The number of rotatable bonds is 5. The van der Waals surface area contributed by atoms with E-state index < -0.39 is 11.6 Å². The normalized spacial score (nSPS) is 10.5. The van der Waals surface area contributed by atoms with Gasteiger partial charge in [-0.15, -0.1) is 0 Å². The molecule has 0 heterocycles. The highest BCUT2D eigenvalue weighted by molar-refractivity contribution is 9.10. The highest BCUT2D eigenvalue weighted by atomic mass is 79.9. The van der Waals surface area contributed by atoms with Crippen molar-refractivity contribution < 1.29 is 18.3 Å². The van der Waals surface area contributed by atoms with Gasteiger partial charge in [-0.1, -0.05) is 18.2 Å². The van der Waals surface area contributed by atoms with E-state index in [0.717, 1.165) is 6.07 Å². The SMILES string of the molecule is COc1ccccc1CC(=O)Cc1c(F)ccc(Br)c1F. The summed E-state index contributed by atoms with van der Waals surface area (Å²) < 4.78 is 32.8. The Bertz CT molecular complexity index is 671. The average Bonchev–Trinajstić information content (AvgIpc) is 2.48. The predicted octanol–water partition coefficient (Wildman–Crippen LogP) is 4.09. The zero-order valence-electron chi connectivity index (χ0n) is 11.3. The third-order valence-electron chi connectivity index (χ3n) is 3.09. The molecule has 0 saturated carbocycles. The zero-order chi connectivity index (χ0) is 15.4. The van der Waals surface area contributed by atoms with E-state index >= 15 is 0 Å². The maximum absolute atomic E-state index is 13.8. The fraction of sp³-hybridized carbons (Fsp3) is 0.188. The van der Waals surface area contributed by atoms with Crippen molar-refractivity contribution in [2.45, 2.75) is 12.8 Å². The van der Waals surface area contributed by atoms with E-state index in [2.05, 4.69) is 15.9 Å². The molecular weight excluding hydrogens is 342 g/mol. The number of benzene rings is 2. The molecule has 21 heavy (non-hydrogen) atoms. The van der Waals surface area contributed by atoms with E-state index in [1.807, 2.05) is 0 Å². The lowest BCUT2D eigenvalue weighted by atomic mass is 10.0. The molecule has 0 saturated heterocycles. The van der Waals surface area contributed by atoms with E-state index in [9.17, 15) is 13.6 Å². The van der Waals surface area contributed by atoms with Crippen LogP contribution in [0.15, 0.2) is 40.9 Å². The molecule has 0 aliphatic heterocycles. The lowest BCUT2D eigenvalue weighted by molar-refractivity contribution is -0.117. The van der Waals surface area contributed by atoms with Crippen molar-refractivity contribution in [3.63, 3.8) is 0 Å². The standard InChI is InChI=1S/C16H13BrF2O2/c1-21-15-5-3-2-4-10(15)8-11(20)9-12-14(18)7-6-13(17)16(12)19/h2-7H,8-9H2,1H3. The second kappa shape index (κ2) is 6.80. The van der Waals surface area contributed by atoms with Gasteiger partial charge in [-0.05, 0) is 34.1 Å². The number of ketones is 1. The molecule has 0 aliphatic carbocycles. The summed E-state index contributed by atoms with van der Waals surface area (Å²) >= 11 is 2.99. The molecule has 0 amide bonds. The van der Waals surface area contributed by atoms with Crippen molar-refractivity contribution in [1.82, 2.24) is 0 Å². The van der Waals surface area contributed by atoms with Crippen molar-refractivity contribution in [2.75, 3.05) is 7.11 Å². The molecule has 0 bridgehead atoms. The third-order valence-corrected chi connectivity index (χ3v) is 3.71. The van der Waals surface area contributed by atoms with Crippen LogP contribution >= 0.6 is 15.9 Å². The molecule has 2 aromatic carbocycles. The molecule has 0 unspecified atom stereocenters. The van der Waals surface area contributed by atoms with Gasteiger partial charge >= 0.3 is 0 Å². The third kappa shape index (κ3) is 3.67. The van der Waals surface area contributed by atoms with Gasteiger partial charge < -0.3 is 4.74 Å². The minimum atomic E-state index is -0.733. The molecule has 2 nitrogen and oxygen atoms in total. The summed E-state index contributed by atoms with van der Waals surface area (Å²) in [4.78, 5) is 12.1. The minimum Gasteiger partial charge on any atom is -0.496 e. The van der Waals surface area contributed by atoms with Gasteiger partial charge in [0.15, 0.2) is 0 Å². The first-order chi connectivity index (χ1) is 10.0. The van der Waals surface area contributed by atoms with Crippen molar-refractivity contribution in [1.29, 1.82) is 0 Å². The van der Waals surface area contributed by atoms with Crippen molar-refractivity contribution in [3.05, 3.63) is 63.6 Å². The molecule has 2 rings (SSSR count). The van der Waals surface area contributed by atoms with Gasteiger partial charge in [0.25, 0.3) is 0 Å². The molecule has 110 valence electrons. The summed E-state index contributed by atoms with van der Waals surface area (Å²) in [5, 5.41) is 0. The first-order valence-electron chi connectivity index (χ1n) is 6.29. The molecule has 5 heteroatoms. The van der Waals surface area contributed by atoms with Crippen LogP contribution in [0.25, 0.3) is 0 Å². The van der Waals surface area contributed by atoms with Crippen molar-refractivity contribution in [2.24, 2.45) is 0 Å². The van der Waals surface area contributed by atoms with Gasteiger partial charge in [0, 0.05) is 24.0 Å². The summed E-state index contributed by atoms with van der Waals surface area (Å²) in [5.74, 6) is -1.15. The summed E-state index contributed by atoms with van der Waals surface area (Å²) in [6.07, 6.45) is -0.232. The Kier molecular flexibility index (Phi) is 5.07. The molecule has 0 atom stereocenters. The van der Waals surface area contributed by atoms with E-state index in [1.165, 1.54) is 13.2 Å². The lowest BCUT2D eigenvalue weighted by Gasteiger charge is -2.09. The predicted molar refractivity (Wildman–Crippen MR) is 79.5 cm³/mol. The minimum absolute atomic E-state index is 0.0649. The van der Waals surface area contributed by atoms with Gasteiger partial charge in [-0.3, -0.25) is 4.79 Å². The van der Waals surface area contributed by atoms with Crippen LogP contribution in [0.4, 0.5) is 8.78 Å². The summed E-state index contributed by atoms with van der Waals surface area (Å²) in [7, 11) is 1.51. The van der Waals surface area contributed by atoms with Crippen LogP contribution in [0.2, 0.25) is 0 Å². The summed E-state index contributed by atoms with van der Waals surface area (Å²) in [5.41, 5.74) is 0.477. The number of ether oxygens (including phenoxy) is 1. The number of carbonyl (C=O) groups is 1. The first-order valence-corrected chi connectivity index (χ1v) is 7.08. The Morgan fingerprint density at radius 1 is 1.14 bits per heavy atom. The summed E-state index contributed by atoms with van der Waals surface area (Å²) in [6, 6.07) is 9.48. The van der Waals surface area contributed by atoms with Crippen LogP contribution in [-0.2, 0) is 17.6 Å². The molecule has 0 spiro atoms. The topological polar surface area (TPSA) is 26.3 Å². The highest BCUT2D eigenvalue weighted by Gasteiger charge is 2.17. The van der Waals surface area contributed by atoms with Crippen molar-refractivity contribution >= 4 is 21.7 Å². The van der Waals surface area contributed by atoms with Gasteiger partial charge in [-0.2, -0.15) is 0 Å². The molecule has 0 N–H and O–H groups in total. The number of carbonyl (C=O) groups excluding carboxylic acids is 1. The van der Waals surface area contributed by atoms with Crippen LogP contribution in [0.1, 0.15) is 11.1 Å². The Morgan fingerprint density at radius 3 is 2.57 bits per heavy atom. The average molecular weight is 355 g/mol. The molecule has 0 aromatic heterocycles. The van der Waals surface area contributed by atoms with E-state index in [-0.39, 0.29) is 28.7 Å². The van der Waals surface area contributed by atoms with E-state index in [1.54, 1.807) is 24.3 Å². The fourth-order valence-electron chi connectivity index (χ4n) is 2.05. The quantitative estimate of drug-likeness (QED) is 0.756. The van der Waals surface area contributed by atoms with Crippen LogP contribution in [0.3, 0.4) is 0 Å². The second-order valence-electron chi connectivity index (χ2n) is 4.53. The first kappa shape index (κ1) is 15.6. The number of hydrogen-bond donors (Lipinski definition) is 0. The van der Waals surface area contributed by atoms with Gasteiger partial charge in [0.2, 0.25) is 0 Å². The number of hydrogen-bond acceptors (Lipinski definition) is 2. The highest BCUT2D eigenvalue weighted by Crippen LogP contribution is 2.23. The monoisotopic (exact) mass is 354 g/mol. The number of para-hydroxylation sites is 1. The number of Topliss-reactive ketones (excluding diaryl/α,β-unsaturated/α-hetero) is 1. The Labute approximate surface area is 129 Å². The fourth-order valence-corrected chi connectivity index (χ4v) is 2.42. The smallest absolute Gasteiger partial charge is 0.143 e. The van der Waals surface area contributed by atoms with Crippen LogP contribution in [0.5, 0.6) is 5.75 Å². The van der Waals surface area contributed by atoms with Gasteiger partial charge in [0.1, 0.15) is 23.2 Å². The summed E-state index contributed by atoms with van der Waals surface area (Å²) in [6.45, 7) is 0. The second-order valence-corrected chi connectivity index (χ2v) is 5.38. The van der Waals surface area contributed by atoms with E-state index in [4.69, 9.17) is 4.74 Å². The van der Waals surface area contributed by atoms with E-state index in [0.29, 0.717) is 11.3 Å². The number of halogens is 3. The molecule has 0 fully saturated rings. The van der Waals surface area contributed by atoms with Crippen LogP contribution in [-0.4, -0.2) is 12.9 Å². The van der Waals surface area contributed by atoms with Crippen LogP contribution < -0.4 is 4.74 Å². The zero-order valence-corrected chi connectivity index (χ0v) is 12.9.